The standard InChI is InChI=1S/C25H27N3O3S/c1-30-22-6-2-4-19(12-22)14-27-16-23(21-5-3-8-26-13-21)25(18-27)24(29)28(9-10-31-25)15-20-7-11-32-17-20/h2-8,11-13,17,23H,9-10,14-16,18H2,1H3. The van der Waals surface area contributed by atoms with Gasteiger partial charge in [-0.3, -0.25) is 14.7 Å². The van der Waals surface area contributed by atoms with Gasteiger partial charge in [0.25, 0.3) is 5.91 Å². The van der Waals surface area contributed by atoms with Gasteiger partial charge >= 0.3 is 0 Å². The third-order valence-electron chi connectivity index (χ3n) is 6.41. The second-order valence-electron chi connectivity index (χ2n) is 8.46. The summed E-state index contributed by atoms with van der Waals surface area (Å²) < 4.78 is 11.8. The maximum Gasteiger partial charge on any atom is 0.257 e. The molecule has 2 aromatic heterocycles. The second kappa shape index (κ2) is 9.02. The minimum absolute atomic E-state index is 0.0698. The van der Waals surface area contributed by atoms with Crippen LogP contribution in [0.1, 0.15) is 22.6 Å². The molecule has 4 heterocycles. The first-order chi connectivity index (χ1) is 15.7. The third-order valence-corrected chi connectivity index (χ3v) is 7.14. The van der Waals surface area contributed by atoms with Crippen LogP contribution in [-0.2, 0) is 22.6 Å². The molecule has 2 aliphatic heterocycles. The molecule has 2 atom stereocenters. The van der Waals surface area contributed by atoms with E-state index in [9.17, 15) is 4.79 Å². The van der Waals surface area contributed by atoms with Crippen LogP contribution in [0.5, 0.6) is 5.75 Å². The number of morpholine rings is 1. The van der Waals surface area contributed by atoms with Crippen LogP contribution < -0.4 is 4.74 Å². The van der Waals surface area contributed by atoms with E-state index in [2.05, 4.69) is 44.9 Å². The molecule has 1 aromatic carbocycles. The summed E-state index contributed by atoms with van der Waals surface area (Å²) in [4.78, 5) is 22.5. The largest absolute Gasteiger partial charge is 0.497 e. The molecular weight excluding hydrogens is 422 g/mol. The summed E-state index contributed by atoms with van der Waals surface area (Å²) in [7, 11) is 1.68. The highest BCUT2D eigenvalue weighted by Crippen LogP contribution is 2.42. The van der Waals surface area contributed by atoms with E-state index in [-0.39, 0.29) is 11.8 Å². The number of pyridine rings is 1. The Morgan fingerprint density at radius 2 is 2.16 bits per heavy atom. The van der Waals surface area contributed by atoms with Crippen LogP contribution in [0.3, 0.4) is 0 Å². The van der Waals surface area contributed by atoms with Gasteiger partial charge in [0.2, 0.25) is 0 Å². The highest BCUT2D eigenvalue weighted by Gasteiger charge is 2.56. The van der Waals surface area contributed by atoms with Gasteiger partial charge in [0.1, 0.15) is 5.75 Å². The van der Waals surface area contributed by atoms with Crippen molar-refractivity contribution in [2.45, 2.75) is 24.6 Å². The first-order valence-electron chi connectivity index (χ1n) is 10.9. The molecule has 2 saturated heterocycles. The molecule has 2 fully saturated rings. The van der Waals surface area contributed by atoms with Gasteiger partial charge in [-0.15, -0.1) is 0 Å². The molecule has 3 aromatic rings. The summed E-state index contributed by atoms with van der Waals surface area (Å²) in [6.45, 7) is 3.81. The lowest BCUT2D eigenvalue weighted by molar-refractivity contribution is -0.173. The molecule has 2 aliphatic rings. The number of methoxy groups -OCH3 is 1. The van der Waals surface area contributed by atoms with Gasteiger partial charge in [-0.05, 0) is 51.7 Å². The Hall–Kier alpha value is -2.74. The quantitative estimate of drug-likeness (QED) is 0.576. The molecule has 32 heavy (non-hydrogen) atoms. The predicted octanol–water partition coefficient (Wildman–Crippen LogP) is 3.55. The lowest BCUT2D eigenvalue weighted by Gasteiger charge is -2.42. The van der Waals surface area contributed by atoms with Gasteiger partial charge in [-0.25, -0.2) is 0 Å². The number of hydrogen-bond acceptors (Lipinski definition) is 6. The number of thiophene rings is 1. The zero-order valence-corrected chi connectivity index (χ0v) is 19.0. The Morgan fingerprint density at radius 3 is 2.94 bits per heavy atom. The zero-order valence-electron chi connectivity index (χ0n) is 18.1. The Kier molecular flexibility index (Phi) is 5.95. The number of aromatic nitrogens is 1. The molecule has 1 amide bonds. The highest BCUT2D eigenvalue weighted by atomic mass is 32.1. The fraction of sp³-hybridized carbons (Fsp3) is 0.360. The first kappa shape index (κ1) is 21.1. The molecule has 2 unspecified atom stereocenters. The highest BCUT2D eigenvalue weighted by molar-refractivity contribution is 7.07. The fourth-order valence-corrected chi connectivity index (χ4v) is 5.56. The number of hydrogen-bond donors (Lipinski definition) is 0. The van der Waals surface area contributed by atoms with E-state index in [0.717, 1.165) is 30.0 Å². The lowest BCUT2D eigenvalue weighted by Crippen LogP contribution is -2.59. The summed E-state index contributed by atoms with van der Waals surface area (Å²) in [6.07, 6.45) is 3.64. The molecular formula is C25H27N3O3S. The normalized spacial score (nSPS) is 23.7. The average Bonchev–Trinajstić information content (AvgIpc) is 3.46. The van der Waals surface area contributed by atoms with Gasteiger partial charge in [-0.2, -0.15) is 11.3 Å². The van der Waals surface area contributed by atoms with Crippen molar-refractivity contribution in [3.05, 3.63) is 82.3 Å². The maximum atomic E-state index is 13.9. The minimum atomic E-state index is -0.893. The molecule has 0 radical (unpaired) electrons. The number of amides is 1. The number of rotatable bonds is 6. The molecule has 0 N–H and O–H groups in total. The van der Waals surface area contributed by atoms with E-state index in [1.807, 2.05) is 29.3 Å². The monoisotopic (exact) mass is 449 g/mol. The maximum absolute atomic E-state index is 13.9. The van der Waals surface area contributed by atoms with Crippen molar-refractivity contribution in [3.8, 4) is 5.75 Å². The summed E-state index contributed by atoms with van der Waals surface area (Å²) in [5.74, 6) is 0.851. The topological polar surface area (TPSA) is 54.9 Å². The molecule has 1 spiro atoms. The van der Waals surface area contributed by atoms with Crippen molar-refractivity contribution in [1.82, 2.24) is 14.8 Å². The van der Waals surface area contributed by atoms with Crippen molar-refractivity contribution >= 4 is 17.2 Å². The lowest BCUT2D eigenvalue weighted by atomic mass is 9.83. The molecule has 6 nitrogen and oxygen atoms in total. The van der Waals surface area contributed by atoms with Crippen LogP contribution >= 0.6 is 11.3 Å². The zero-order chi connectivity index (χ0) is 22.0. The average molecular weight is 450 g/mol. The Bertz CT molecular complexity index is 1060. The van der Waals surface area contributed by atoms with Crippen molar-refractivity contribution in [1.29, 1.82) is 0 Å². The van der Waals surface area contributed by atoms with Gasteiger partial charge in [0.15, 0.2) is 5.60 Å². The Morgan fingerprint density at radius 1 is 1.22 bits per heavy atom. The van der Waals surface area contributed by atoms with Crippen molar-refractivity contribution in [2.75, 3.05) is 33.4 Å². The van der Waals surface area contributed by atoms with E-state index in [0.29, 0.717) is 26.2 Å². The smallest absolute Gasteiger partial charge is 0.257 e. The van der Waals surface area contributed by atoms with Crippen LogP contribution in [0.25, 0.3) is 0 Å². The number of carbonyl (C=O) groups is 1. The first-order valence-corrected chi connectivity index (χ1v) is 11.8. The molecule has 0 saturated carbocycles. The van der Waals surface area contributed by atoms with Crippen LogP contribution in [0.15, 0.2) is 65.6 Å². The van der Waals surface area contributed by atoms with Crippen molar-refractivity contribution in [3.63, 3.8) is 0 Å². The van der Waals surface area contributed by atoms with Gasteiger partial charge in [-0.1, -0.05) is 18.2 Å². The molecule has 5 rings (SSSR count). The fourth-order valence-electron chi connectivity index (χ4n) is 4.90. The Labute approximate surface area is 192 Å². The number of ether oxygens (including phenoxy) is 2. The summed E-state index contributed by atoms with van der Waals surface area (Å²) in [6, 6.07) is 14.2. The van der Waals surface area contributed by atoms with Crippen LogP contribution in [-0.4, -0.2) is 59.6 Å². The molecule has 7 heteroatoms. The van der Waals surface area contributed by atoms with E-state index in [1.165, 1.54) is 5.56 Å². The van der Waals surface area contributed by atoms with Gasteiger partial charge in [0, 0.05) is 51.0 Å². The van der Waals surface area contributed by atoms with Gasteiger partial charge < -0.3 is 14.4 Å². The van der Waals surface area contributed by atoms with Crippen LogP contribution in [0.2, 0.25) is 0 Å². The second-order valence-corrected chi connectivity index (χ2v) is 9.24. The molecule has 0 bridgehead atoms. The van der Waals surface area contributed by atoms with Crippen LogP contribution in [0.4, 0.5) is 0 Å². The number of nitrogens with zero attached hydrogens (tertiary/aromatic N) is 3. The van der Waals surface area contributed by atoms with E-state index in [4.69, 9.17) is 9.47 Å². The SMILES string of the molecule is COc1cccc(CN2CC(c3cccnc3)C3(C2)OCCN(Cc2ccsc2)C3=O)c1. The predicted molar refractivity (Wildman–Crippen MR) is 124 cm³/mol. The molecule has 166 valence electrons. The van der Waals surface area contributed by atoms with Crippen LogP contribution in [0, 0.1) is 0 Å². The summed E-state index contributed by atoms with van der Waals surface area (Å²) in [5, 5.41) is 4.16. The van der Waals surface area contributed by atoms with E-state index in [1.54, 1.807) is 24.6 Å². The number of likely N-dealkylation sites (tertiary alicyclic amines) is 1. The number of carbonyl (C=O) groups excluding carboxylic acids is 1. The number of benzene rings is 1. The summed E-state index contributed by atoms with van der Waals surface area (Å²) in [5.41, 5.74) is 2.48. The van der Waals surface area contributed by atoms with Gasteiger partial charge in [0.05, 0.1) is 13.7 Å². The van der Waals surface area contributed by atoms with E-state index < -0.39 is 5.60 Å². The third kappa shape index (κ3) is 4.03. The van der Waals surface area contributed by atoms with Crippen molar-refractivity contribution < 1.29 is 14.3 Å². The van der Waals surface area contributed by atoms with E-state index >= 15 is 0 Å². The van der Waals surface area contributed by atoms with Crippen molar-refractivity contribution in [2.24, 2.45) is 0 Å². The summed E-state index contributed by atoms with van der Waals surface area (Å²) >= 11 is 1.66. The minimum Gasteiger partial charge on any atom is -0.497 e. The molecule has 0 aliphatic carbocycles. The Balaban J connectivity index is 1.44.